The third kappa shape index (κ3) is 2.54. The van der Waals surface area contributed by atoms with Crippen LogP contribution in [0.3, 0.4) is 0 Å². The number of nitrogens with one attached hydrogen (secondary N) is 1. The van der Waals surface area contributed by atoms with Gasteiger partial charge in [0.2, 0.25) is 10.0 Å². The number of H-pyrrole nitrogens is 1. The Hall–Kier alpha value is -0.920. The maximum atomic E-state index is 12.6. The van der Waals surface area contributed by atoms with Crippen molar-refractivity contribution in [1.29, 1.82) is 0 Å². The monoisotopic (exact) mass is 287 g/mol. The van der Waals surface area contributed by atoms with Gasteiger partial charge in [0.25, 0.3) is 0 Å². The minimum absolute atomic E-state index is 0.0102. The zero-order chi connectivity index (χ0) is 14.2. The molecular weight excluding hydrogens is 266 g/mol. The lowest BCUT2D eigenvalue weighted by atomic mass is 9.94. The molecule has 1 aromatic rings. The quantitative estimate of drug-likeness (QED) is 0.861. The molecule has 0 spiro atoms. The van der Waals surface area contributed by atoms with Crippen molar-refractivity contribution in [1.82, 2.24) is 14.5 Å². The highest BCUT2D eigenvalue weighted by molar-refractivity contribution is 7.89. The van der Waals surface area contributed by atoms with Crippen LogP contribution in [0, 0.1) is 19.8 Å². The van der Waals surface area contributed by atoms with Gasteiger partial charge in [-0.25, -0.2) is 8.42 Å². The molecule has 2 heterocycles. The Morgan fingerprint density at radius 1 is 1.47 bits per heavy atom. The number of aryl methyl sites for hydroxylation is 2. The first-order chi connectivity index (χ1) is 8.87. The number of aromatic amines is 1. The summed E-state index contributed by atoms with van der Waals surface area (Å²) in [5, 5.41) is 16.5. The second-order valence-corrected chi connectivity index (χ2v) is 7.03. The molecule has 108 valence electrons. The summed E-state index contributed by atoms with van der Waals surface area (Å²) in [6.45, 7) is 6.11. The second-order valence-electron chi connectivity index (χ2n) is 5.15. The van der Waals surface area contributed by atoms with Crippen molar-refractivity contribution in [3.05, 3.63) is 11.4 Å². The largest absolute Gasteiger partial charge is 0.393 e. The Morgan fingerprint density at radius 2 is 2.16 bits per heavy atom. The van der Waals surface area contributed by atoms with Gasteiger partial charge < -0.3 is 5.11 Å². The van der Waals surface area contributed by atoms with Gasteiger partial charge in [0.15, 0.2) is 0 Å². The van der Waals surface area contributed by atoms with Gasteiger partial charge in [0.05, 0.1) is 17.5 Å². The summed E-state index contributed by atoms with van der Waals surface area (Å²) in [6, 6.07) is 0. The van der Waals surface area contributed by atoms with E-state index in [0.717, 1.165) is 6.42 Å². The van der Waals surface area contributed by atoms with Gasteiger partial charge >= 0.3 is 0 Å². The maximum absolute atomic E-state index is 12.6. The second kappa shape index (κ2) is 5.22. The number of sulfonamides is 1. The van der Waals surface area contributed by atoms with Gasteiger partial charge in [0.1, 0.15) is 4.90 Å². The molecule has 1 aliphatic rings. The summed E-state index contributed by atoms with van der Waals surface area (Å²) >= 11 is 0. The number of hydrogen-bond acceptors (Lipinski definition) is 4. The zero-order valence-corrected chi connectivity index (χ0v) is 12.4. The Morgan fingerprint density at radius 3 is 2.68 bits per heavy atom. The van der Waals surface area contributed by atoms with Crippen molar-refractivity contribution >= 4 is 10.0 Å². The standard InChI is InChI=1S/C12H21N3O3S/c1-4-10-7-15(6-5-11(10)16)19(17,18)12-8(2)13-14-9(12)3/h10-11,16H,4-7H2,1-3H3,(H,13,14). The van der Waals surface area contributed by atoms with Crippen LogP contribution in [0.1, 0.15) is 31.2 Å². The summed E-state index contributed by atoms with van der Waals surface area (Å²) in [5.41, 5.74) is 1.06. The predicted octanol–water partition coefficient (Wildman–Crippen LogP) is 0.808. The van der Waals surface area contributed by atoms with Crippen LogP contribution in [0.4, 0.5) is 0 Å². The van der Waals surface area contributed by atoms with Gasteiger partial charge in [0, 0.05) is 13.1 Å². The number of hydrogen-bond donors (Lipinski definition) is 2. The van der Waals surface area contributed by atoms with Gasteiger partial charge in [-0.05, 0) is 32.6 Å². The van der Waals surface area contributed by atoms with Crippen molar-refractivity contribution in [3.63, 3.8) is 0 Å². The van der Waals surface area contributed by atoms with Gasteiger partial charge in [-0.15, -0.1) is 0 Å². The average molecular weight is 287 g/mol. The molecule has 2 N–H and O–H groups in total. The molecule has 0 aliphatic carbocycles. The van der Waals surface area contributed by atoms with Crippen LogP contribution in [0.15, 0.2) is 4.90 Å². The van der Waals surface area contributed by atoms with Crippen LogP contribution >= 0.6 is 0 Å². The maximum Gasteiger partial charge on any atom is 0.246 e. The Kier molecular flexibility index (Phi) is 3.98. The van der Waals surface area contributed by atoms with E-state index in [9.17, 15) is 13.5 Å². The van der Waals surface area contributed by atoms with E-state index in [4.69, 9.17) is 0 Å². The lowest BCUT2D eigenvalue weighted by molar-refractivity contribution is 0.0520. The minimum Gasteiger partial charge on any atom is -0.393 e. The molecule has 19 heavy (non-hydrogen) atoms. The van der Waals surface area contributed by atoms with Gasteiger partial charge in [-0.2, -0.15) is 9.40 Å². The summed E-state index contributed by atoms with van der Waals surface area (Å²) in [4.78, 5) is 0.277. The van der Waals surface area contributed by atoms with Gasteiger partial charge in [-0.1, -0.05) is 6.92 Å². The van der Waals surface area contributed by atoms with E-state index in [1.165, 1.54) is 4.31 Å². The van der Waals surface area contributed by atoms with E-state index >= 15 is 0 Å². The summed E-state index contributed by atoms with van der Waals surface area (Å²) in [6.07, 6.45) is 0.868. The Balaban J connectivity index is 2.31. The van der Waals surface area contributed by atoms with Crippen LogP contribution in [0.5, 0.6) is 0 Å². The first-order valence-corrected chi connectivity index (χ1v) is 8.01. The third-order valence-corrected chi connectivity index (χ3v) is 5.97. The van der Waals surface area contributed by atoms with Crippen molar-refractivity contribution in [3.8, 4) is 0 Å². The molecule has 0 saturated carbocycles. The first kappa shape index (κ1) is 14.5. The van der Waals surface area contributed by atoms with E-state index in [1.807, 2.05) is 6.92 Å². The molecule has 1 aromatic heterocycles. The van der Waals surface area contributed by atoms with Crippen molar-refractivity contribution in [2.75, 3.05) is 13.1 Å². The number of aliphatic hydroxyl groups is 1. The molecule has 0 aromatic carbocycles. The van der Waals surface area contributed by atoms with Crippen molar-refractivity contribution in [2.24, 2.45) is 5.92 Å². The molecule has 0 amide bonds. The zero-order valence-electron chi connectivity index (χ0n) is 11.5. The van der Waals surface area contributed by atoms with Crippen molar-refractivity contribution < 1.29 is 13.5 Å². The molecule has 7 heteroatoms. The van der Waals surface area contributed by atoms with Crippen LogP contribution in [0.2, 0.25) is 0 Å². The normalized spacial score (nSPS) is 25.7. The molecule has 1 saturated heterocycles. The third-order valence-electron chi connectivity index (χ3n) is 3.84. The van der Waals surface area contributed by atoms with E-state index in [0.29, 0.717) is 30.9 Å². The molecule has 6 nitrogen and oxygen atoms in total. The van der Waals surface area contributed by atoms with E-state index < -0.39 is 16.1 Å². The first-order valence-electron chi connectivity index (χ1n) is 6.57. The predicted molar refractivity (Wildman–Crippen MR) is 71.2 cm³/mol. The number of aromatic nitrogens is 2. The molecule has 1 aliphatic heterocycles. The summed E-state index contributed by atoms with van der Waals surface area (Å²) < 4.78 is 26.8. The summed E-state index contributed by atoms with van der Waals surface area (Å²) in [5.74, 6) is 0.0102. The summed E-state index contributed by atoms with van der Waals surface area (Å²) in [7, 11) is -3.52. The molecule has 2 rings (SSSR count). The highest BCUT2D eigenvalue weighted by atomic mass is 32.2. The SMILES string of the molecule is CCC1CN(S(=O)(=O)c2c(C)n[nH]c2C)CCC1O. The van der Waals surface area contributed by atoms with Crippen LogP contribution < -0.4 is 0 Å². The average Bonchev–Trinajstić information content (AvgIpc) is 2.69. The molecule has 0 radical (unpaired) electrons. The molecule has 0 bridgehead atoms. The van der Waals surface area contributed by atoms with Crippen LogP contribution in [-0.4, -0.2) is 47.2 Å². The number of nitrogens with zero attached hydrogens (tertiary/aromatic N) is 2. The van der Waals surface area contributed by atoms with E-state index in [-0.39, 0.29) is 10.8 Å². The molecule has 2 unspecified atom stereocenters. The van der Waals surface area contributed by atoms with Crippen molar-refractivity contribution in [2.45, 2.75) is 44.6 Å². The lowest BCUT2D eigenvalue weighted by Crippen LogP contribution is -2.45. The minimum atomic E-state index is -3.52. The highest BCUT2D eigenvalue weighted by Gasteiger charge is 2.36. The smallest absolute Gasteiger partial charge is 0.246 e. The van der Waals surface area contributed by atoms with E-state index in [2.05, 4.69) is 10.2 Å². The Labute approximate surface area is 113 Å². The van der Waals surface area contributed by atoms with Crippen LogP contribution in [0.25, 0.3) is 0 Å². The number of rotatable bonds is 3. The van der Waals surface area contributed by atoms with Gasteiger partial charge in [-0.3, -0.25) is 5.10 Å². The highest BCUT2D eigenvalue weighted by Crippen LogP contribution is 2.27. The van der Waals surface area contributed by atoms with E-state index in [1.54, 1.807) is 13.8 Å². The Bertz CT molecular complexity index is 533. The molecule has 1 fully saturated rings. The molecular formula is C12H21N3O3S. The number of aliphatic hydroxyl groups excluding tert-OH is 1. The number of piperidine rings is 1. The van der Waals surface area contributed by atoms with Crippen LogP contribution in [-0.2, 0) is 10.0 Å². The fraction of sp³-hybridized carbons (Fsp3) is 0.750. The topological polar surface area (TPSA) is 86.3 Å². The lowest BCUT2D eigenvalue weighted by Gasteiger charge is -2.34. The molecule has 2 atom stereocenters. The fourth-order valence-electron chi connectivity index (χ4n) is 2.66. The fourth-order valence-corrected chi connectivity index (χ4v) is 4.50.